The molecule has 132 valence electrons. The summed E-state index contributed by atoms with van der Waals surface area (Å²) < 4.78 is 15.8. The third-order valence-corrected chi connectivity index (χ3v) is 3.97. The van der Waals surface area contributed by atoms with Crippen LogP contribution in [0.2, 0.25) is 0 Å². The van der Waals surface area contributed by atoms with Crippen molar-refractivity contribution >= 4 is 11.6 Å². The van der Waals surface area contributed by atoms with Crippen molar-refractivity contribution in [3.05, 3.63) is 53.9 Å². The largest absolute Gasteiger partial charge is 0.454 e. The molecule has 7 nitrogen and oxygen atoms in total. The van der Waals surface area contributed by atoms with Crippen molar-refractivity contribution in [2.75, 3.05) is 12.1 Å². The van der Waals surface area contributed by atoms with E-state index in [0.29, 0.717) is 35.3 Å². The molecule has 7 heteroatoms. The standard InChI is InChI=1S/C19H17N3O4/c1-12-3-2-4-13(9-12)19-21-18(26-22-19)8-7-17(23)20-14-5-6-15-16(10-14)25-11-24-15/h2-6,9-10H,7-8,11H2,1H3,(H,20,23). The van der Waals surface area contributed by atoms with Gasteiger partial charge < -0.3 is 19.3 Å². The van der Waals surface area contributed by atoms with Crippen LogP contribution in [-0.4, -0.2) is 22.8 Å². The number of nitrogens with one attached hydrogen (secondary N) is 1. The Balaban J connectivity index is 1.35. The van der Waals surface area contributed by atoms with E-state index >= 15 is 0 Å². The second-order valence-corrected chi connectivity index (χ2v) is 6.00. The van der Waals surface area contributed by atoms with Gasteiger partial charge in [0, 0.05) is 30.2 Å². The number of nitrogens with zero attached hydrogens (tertiary/aromatic N) is 2. The lowest BCUT2D eigenvalue weighted by Gasteiger charge is -2.05. The summed E-state index contributed by atoms with van der Waals surface area (Å²) >= 11 is 0. The Kier molecular flexibility index (Phi) is 4.27. The molecule has 1 aliphatic rings. The number of hydrogen-bond acceptors (Lipinski definition) is 6. The van der Waals surface area contributed by atoms with Crippen LogP contribution in [0.1, 0.15) is 17.9 Å². The second kappa shape index (κ2) is 6.87. The molecule has 0 atom stereocenters. The van der Waals surface area contributed by atoms with Crippen LogP contribution < -0.4 is 14.8 Å². The number of ether oxygens (including phenoxy) is 2. The molecule has 2 heterocycles. The number of fused-ring (bicyclic) bond motifs is 1. The first kappa shape index (κ1) is 16.1. The van der Waals surface area contributed by atoms with E-state index in [1.807, 2.05) is 31.2 Å². The van der Waals surface area contributed by atoms with Crippen molar-refractivity contribution in [3.8, 4) is 22.9 Å². The smallest absolute Gasteiger partial charge is 0.231 e. The first-order valence-electron chi connectivity index (χ1n) is 8.26. The maximum absolute atomic E-state index is 12.1. The minimum atomic E-state index is -0.140. The number of aromatic nitrogens is 2. The summed E-state index contributed by atoms with van der Waals surface area (Å²) in [6.45, 7) is 2.21. The zero-order valence-electron chi connectivity index (χ0n) is 14.2. The fourth-order valence-electron chi connectivity index (χ4n) is 2.68. The van der Waals surface area contributed by atoms with Crippen molar-refractivity contribution < 1.29 is 18.8 Å². The molecule has 2 aromatic carbocycles. The Hall–Kier alpha value is -3.35. The average Bonchev–Trinajstić information content (AvgIpc) is 3.29. The number of benzene rings is 2. The van der Waals surface area contributed by atoms with Gasteiger partial charge in [0.25, 0.3) is 0 Å². The molecule has 1 aliphatic heterocycles. The van der Waals surface area contributed by atoms with Gasteiger partial charge in [-0.15, -0.1) is 0 Å². The van der Waals surface area contributed by atoms with Gasteiger partial charge in [0.05, 0.1) is 0 Å². The second-order valence-electron chi connectivity index (χ2n) is 6.00. The predicted molar refractivity (Wildman–Crippen MR) is 94.0 cm³/mol. The number of hydrogen-bond donors (Lipinski definition) is 1. The van der Waals surface area contributed by atoms with E-state index in [2.05, 4.69) is 15.5 Å². The summed E-state index contributed by atoms with van der Waals surface area (Å²) in [4.78, 5) is 16.5. The lowest BCUT2D eigenvalue weighted by atomic mass is 10.1. The van der Waals surface area contributed by atoms with Crippen molar-refractivity contribution in [2.45, 2.75) is 19.8 Å². The topological polar surface area (TPSA) is 86.5 Å². The summed E-state index contributed by atoms with van der Waals surface area (Å²) in [5.74, 6) is 2.13. The number of carbonyl (C=O) groups is 1. The lowest BCUT2D eigenvalue weighted by Crippen LogP contribution is -2.12. The van der Waals surface area contributed by atoms with Gasteiger partial charge in [-0.3, -0.25) is 4.79 Å². The highest BCUT2D eigenvalue weighted by Crippen LogP contribution is 2.34. The summed E-state index contributed by atoms with van der Waals surface area (Å²) in [5, 5.41) is 6.80. The highest BCUT2D eigenvalue weighted by atomic mass is 16.7. The maximum Gasteiger partial charge on any atom is 0.231 e. The van der Waals surface area contributed by atoms with E-state index in [1.54, 1.807) is 18.2 Å². The van der Waals surface area contributed by atoms with E-state index in [1.165, 1.54) is 0 Å². The summed E-state index contributed by atoms with van der Waals surface area (Å²) in [6, 6.07) is 13.1. The van der Waals surface area contributed by atoms with Crippen molar-refractivity contribution in [1.29, 1.82) is 0 Å². The molecule has 3 aromatic rings. The van der Waals surface area contributed by atoms with E-state index in [-0.39, 0.29) is 19.1 Å². The van der Waals surface area contributed by atoms with Gasteiger partial charge in [-0.1, -0.05) is 28.9 Å². The van der Waals surface area contributed by atoms with Crippen molar-refractivity contribution in [2.24, 2.45) is 0 Å². The monoisotopic (exact) mass is 351 g/mol. The average molecular weight is 351 g/mol. The molecule has 0 radical (unpaired) electrons. The van der Waals surface area contributed by atoms with Crippen LogP contribution in [0, 0.1) is 6.92 Å². The fraction of sp³-hybridized carbons (Fsp3) is 0.211. The summed E-state index contributed by atoms with van der Waals surface area (Å²) in [7, 11) is 0. The number of amides is 1. The van der Waals surface area contributed by atoms with Crippen LogP contribution in [0.3, 0.4) is 0 Å². The predicted octanol–water partition coefficient (Wildman–Crippen LogP) is 3.35. The van der Waals surface area contributed by atoms with Gasteiger partial charge in [0.2, 0.25) is 24.4 Å². The zero-order chi connectivity index (χ0) is 17.9. The van der Waals surface area contributed by atoms with Gasteiger partial charge in [0.15, 0.2) is 11.5 Å². The summed E-state index contributed by atoms with van der Waals surface area (Å²) in [6.07, 6.45) is 0.610. The molecule has 0 saturated heterocycles. The molecule has 0 spiro atoms. The van der Waals surface area contributed by atoms with Crippen LogP contribution in [0.5, 0.6) is 11.5 Å². The Labute approximate surface area is 149 Å². The lowest BCUT2D eigenvalue weighted by molar-refractivity contribution is -0.116. The third-order valence-electron chi connectivity index (χ3n) is 3.97. The highest BCUT2D eigenvalue weighted by Gasteiger charge is 2.15. The molecule has 1 amide bonds. The molecule has 1 N–H and O–H groups in total. The number of aryl methyl sites for hydroxylation is 2. The molecule has 1 aromatic heterocycles. The normalized spacial score (nSPS) is 12.2. The van der Waals surface area contributed by atoms with Crippen molar-refractivity contribution in [1.82, 2.24) is 10.1 Å². The number of carbonyl (C=O) groups excluding carboxylic acids is 1. The Morgan fingerprint density at radius 2 is 2.04 bits per heavy atom. The van der Waals surface area contributed by atoms with Gasteiger partial charge in [-0.2, -0.15) is 4.98 Å². The van der Waals surface area contributed by atoms with Crippen LogP contribution in [-0.2, 0) is 11.2 Å². The number of anilines is 1. The van der Waals surface area contributed by atoms with E-state index in [9.17, 15) is 4.79 Å². The molecule has 26 heavy (non-hydrogen) atoms. The van der Waals surface area contributed by atoms with Crippen LogP contribution in [0.4, 0.5) is 5.69 Å². The minimum Gasteiger partial charge on any atom is -0.454 e. The molecular formula is C19H17N3O4. The highest BCUT2D eigenvalue weighted by molar-refractivity contribution is 5.91. The fourth-order valence-corrected chi connectivity index (χ4v) is 2.68. The quantitative estimate of drug-likeness (QED) is 0.759. The Bertz CT molecular complexity index is 951. The Morgan fingerprint density at radius 1 is 1.15 bits per heavy atom. The SMILES string of the molecule is Cc1cccc(-c2noc(CCC(=O)Nc3ccc4c(c3)OCO4)n2)c1. The van der Waals surface area contributed by atoms with Crippen LogP contribution in [0.15, 0.2) is 47.0 Å². The third kappa shape index (κ3) is 3.51. The maximum atomic E-state index is 12.1. The molecule has 0 saturated carbocycles. The minimum absolute atomic E-state index is 0.140. The van der Waals surface area contributed by atoms with E-state index < -0.39 is 0 Å². The first-order chi connectivity index (χ1) is 12.7. The Morgan fingerprint density at radius 3 is 2.92 bits per heavy atom. The molecule has 0 bridgehead atoms. The van der Waals surface area contributed by atoms with E-state index in [4.69, 9.17) is 14.0 Å². The van der Waals surface area contributed by atoms with Gasteiger partial charge in [-0.25, -0.2) is 0 Å². The van der Waals surface area contributed by atoms with Gasteiger partial charge >= 0.3 is 0 Å². The molecule has 4 rings (SSSR count). The van der Waals surface area contributed by atoms with Gasteiger partial charge in [-0.05, 0) is 25.1 Å². The molecule has 0 aliphatic carbocycles. The molecule has 0 fully saturated rings. The number of rotatable bonds is 5. The van der Waals surface area contributed by atoms with Crippen LogP contribution >= 0.6 is 0 Å². The van der Waals surface area contributed by atoms with Crippen LogP contribution in [0.25, 0.3) is 11.4 Å². The molecular weight excluding hydrogens is 334 g/mol. The summed E-state index contributed by atoms with van der Waals surface area (Å²) in [5.41, 5.74) is 2.67. The molecule has 0 unspecified atom stereocenters. The van der Waals surface area contributed by atoms with E-state index in [0.717, 1.165) is 11.1 Å². The zero-order valence-corrected chi connectivity index (χ0v) is 14.2. The van der Waals surface area contributed by atoms with Crippen molar-refractivity contribution in [3.63, 3.8) is 0 Å². The van der Waals surface area contributed by atoms with Gasteiger partial charge in [0.1, 0.15) is 0 Å². The first-order valence-corrected chi connectivity index (χ1v) is 8.26.